The van der Waals surface area contributed by atoms with Crippen molar-refractivity contribution < 1.29 is 4.79 Å². The van der Waals surface area contributed by atoms with E-state index in [1.54, 1.807) is 0 Å². The molecule has 1 amide bonds. The number of carbonyl (C=O) groups excluding carboxylic acids is 1. The van der Waals surface area contributed by atoms with E-state index < -0.39 is 0 Å². The average molecular weight is 261 g/mol. The van der Waals surface area contributed by atoms with Gasteiger partial charge in [-0.05, 0) is 56.5 Å². The quantitative estimate of drug-likeness (QED) is 0.790. The Morgan fingerprint density at radius 2 is 2.00 bits per heavy atom. The Balaban J connectivity index is 1.80. The van der Waals surface area contributed by atoms with Crippen molar-refractivity contribution in [1.29, 1.82) is 0 Å². The van der Waals surface area contributed by atoms with E-state index in [0.29, 0.717) is 0 Å². The summed E-state index contributed by atoms with van der Waals surface area (Å²) in [6.45, 7) is 1.94. The highest BCUT2D eigenvalue weighted by molar-refractivity contribution is 5.79. The molecule has 2 rings (SSSR count). The van der Waals surface area contributed by atoms with Crippen molar-refractivity contribution in [3.8, 4) is 0 Å². The summed E-state index contributed by atoms with van der Waals surface area (Å²) in [5, 5.41) is 0. The van der Waals surface area contributed by atoms with Crippen molar-refractivity contribution in [2.75, 3.05) is 18.8 Å². The number of carbonyl (C=O) groups is 1. The third-order valence-corrected chi connectivity index (χ3v) is 3.83. The molecule has 1 fully saturated rings. The first-order chi connectivity index (χ1) is 9.16. The van der Waals surface area contributed by atoms with Crippen LogP contribution in [-0.4, -0.2) is 29.9 Å². The molecule has 1 unspecified atom stereocenters. The van der Waals surface area contributed by atoms with Crippen molar-refractivity contribution in [3.05, 3.63) is 29.8 Å². The number of nitrogen functional groups attached to an aromatic ring is 1. The van der Waals surface area contributed by atoms with Gasteiger partial charge in [-0.25, -0.2) is 0 Å². The van der Waals surface area contributed by atoms with Crippen LogP contribution in [0.25, 0.3) is 0 Å². The van der Waals surface area contributed by atoms with Crippen LogP contribution >= 0.6 is 0 Å². The lowest BCUT2D eigenvalue weighted by atomic mass is 10.0. The Kier molecular flexibility index (Phi) is 4.80. The van der Waals surface area contributed by atoms with Crippen LogP contribution < -0.4 is 11.5 Å². The van der Waals surface area contributed by atoms with Crippen molar-refractivity contribution in [3.63, 3.8) is 0 Å². The van der Waals surface area contributed by atoms with Gasteiger partial charge in [-0.15, -0.1) is 0 Å². The highest BCUT2D eigenvalue weighted by Gasteiger charge is 2.25. The maximum atomic E-state index is 11.4. The predicted octanol–water partition coefficient (Wildman–Crippen LogP) is 1.54. The van der Waals surface area contributed by atoms with Crippen LogP contribution in [-0.2, 0) is 11.2 Å². The second kappa shape index (κ2) is 6.57. The molecule has 0 radical (unpaired) electrons. The third-order valence-electron chi connectivity index (χ3n) is 3.83. The van der Waals surface area contributed by atoms with Gasteiger partial charge in [-0.3, -0.25) is 9.69 Å². The highest BCUT2D eigenvalue weighted by Crippen LogP contribution is 2.17. The molecule has 104 valence electrons. The van der Waals surface area contributed by atoms with Gasteiger partial charge in [0.2, 0.25) is 5.91 Å². The number of hydrogen-bond donors (Lipinski definition) is 2. The first-order valence-electron chi connectivity index (χ1n) is 7.04. The van der Waals surface area contributed by atoms with E-state index in [-0.39, 0.29) is 11.9 Å². The number of nitrogens with zero attached hydrogens (tertiary/aromatic N) is 1. The van der Waals surface area contributed by atoms with Crippen molar-refractivity contribution in [2.45, 2.75) is 38.1 Å². The first-order valence-corrected chi connectivity index (χ1v) is 7.04. The van der Waals surface area contributed by atoms with Gasteiger partial charge in [0.1, 0.15) is 0 Å². The van der Waals surface area contributed by atoms with Crippen LogP contribution in [0.5, 0.6) is 0 Å². The number of benzene rings is 1. The van der Waals surface area contributed by atoms with Gasteiger partial charge in [-0.2, -0.15) is 0 Å². The Morgan fingerprint density at radius 3 is 2.68 bits per heavy atom. The molecule has 4 nitrogen and oxygen atoms in total. The zero-order chi connectivity index (χ0) is 13.7. The fourth-order valence-corrected chi connectivity index (χ4v) is 2.75. The van der Waals surface area contributed by atoms with Gasteiger partial charge in [0.25, 0.3) is 0 Å². The number of likely N-dealkylation sites (tertiary alicyclic amines) is 1. The number of primary amides is 1. The van der Waals surface area contributed by atoms with Gasteiger partial charge >= 0.3 is 0 Å². The number of aryl methyl sites for hydroxylation is 1. The molecule has 1 heterocycles. The van der Waals surface area contributed by atoms with Crippen LogP contribution in [0.4, 0.5) is 5.69 Å². The topological polar surface area (TPSA) is 72.4 Å². The normalized spacial score (nSPS) is 20.3. The molecule has 0 aliphatic carbocycles. The minimum Gasteiger partial charge on any atom is -0.399 e. The second-order valence-electron chi connectivity index (χ2n) is 5.30. The lowest BCUT2D eigenvalue weighted by Gasteiger charge is -2.33. The summed E-state index contributed by atoms with van der Waals surface area (Å²) in [7, 11) is 0. The van der Waals surface area contributed by atoms with Crippen molar-refractivity contribution in [1.82, 2.24) is 4.90 Å². The highest BCUT2D eigenvalue weighted by atomic mass is 16.1. The molecule has 4 N–H and O–H groups in total. The van der Waals surface area contributed by atoms with Crippen molar-refractivity contribution >= 4 is 11.6 Å². The zero-order valence-electron chi connectivity index (χ0n) is 11.3. The van der Waals surface area contributed by atoms with Crippen LogP contribution in [0.2, 0.25) is 0 Å². The number of nitrogens with two attached hydrogens (primary N) is 2. The molecule has 1 aliphatic heterocycles. The number of rotatable bonds is 5. The summed E-state index contributed by atoms with van der Waals surface area (Å²) in [5.74, 6) is -0.174. The molecule has 1 aliphatic rings. The predicted molar refractivity (Wildman–Crippen MR) is 77.6 cm³/mol. The smallest absolute Gasteiger partial charge is 0.234 e. The van der Waals surface area contributed by atoms with Gasteiger partial charge in [0.15, 0.2) is 0 Å². The summed E-state index contributed by atoms with van der Waals surface area (Å²) in [5.41, 5.74) is 13.2. The van der Waals surface area contributed by atoms with Gasteiger partial charge < -0.3 is 11.5 Å². The van der Waals surface area contributed by atoms with Crippen LogP contribution in [0.1, 0.15) is 31.2 Å². The number of anilines is 1. The summed E-state index contributed by atoms with van der Waals surface area (Å²) in [6, 6.07) is 7.94. The molecule has 1 aromatic carbocycles. The summed E-state index contributed by atoms with van der Waals surface area (Å²) < 4.78 is 0. The lowest BCUT2D eigenvalue weighted by molar-refractivity contribution is -0.124. The Hall–Kier alpha value is -1.55. The first kappa shape index (κ1) is 13.9. The van der Waals surface area contributed by atoms with Crippen LogP contribution in [0.15, 0.2) is 24.3 Å². The third kappa shape index (κ3) is 3.96. The maximum Gasteiger partial charge on any atom is 0.234 e. The molecule has 4 heteroatoms. The second-order valence-corrected chi connectivity index (χ2v) is 5.30. The minimum absolute atomic E-state index is 0.0554. The van der Waals surface area contributed by atoms with E-state index in [1.807, 2.05) is 12.1 Å². The molecule has 0 saturated carbocycles. The maximum absolute atomic E-state index is 11.4. The number of hydrogen-bond acceptors (Lipinski definition) is 3. The van der Waals surface area contributed by atoms with E-state index in [0.717, 1.165) is 44.5 Å². The SMILES string of the molecule is NC(=O)C1CCCCN1CCCc1ccc(N)cc1. The number of piperidine rings is 1. The monoisotopic (exact) mass is 261 g/mol. The molecule has 0 aromatic heterocycles. The van der Waals surface area contributed by atoms with Gasteiger partial charge in [0.05, 0.1) is 6.04 Å². The molecule has 19 heavy (non-hydrogen) atoms. The van der Waals surface area contributed by atoms with Crippen LogP contribution in [0, 0.1) is 0 Å². The standard InChI is InChI=1S/C15H23N3O/c16-13-8-6-12(7-9-13)4-3-11-18-10-2-1-5-14(18)15(17)19/h6-9,14H,1-5,10-11,16H2,(H2,17,19). The van der Waals surface area contributed by atoms with E-state index in [2.05, 4.69) is 17.0 Å². The minimum atomic E-state index is -0.174. The van der Waals surface area contributed by atoms with E-state index in [4.69, 9.17) is 11.5 Å². The fraction of sp³-hybridized carbons (Fsp3) is 0.533. The summed E-state index contributed by atoms with van der Waals surface area (Å²) >= 11 is 0. The molecule has 1 atom stereocenters. The van der Waals surface area contributed by atoms with Crippen LogP contribution in [0.3, 0.4) is 0 Å². The summed E-state index contributed by atoms with van der Waals surface area (Å²) in [4.78, 5) is 13.6. The van der Waals surface area contributed by atoms with Gasteiger partial charge in [-0.1, -0.05) is 18.6 Å². The molecule has 1 aromatic rings. The number of amides is 1. The Morgan fingerprint density at radius 1 is 1.26 bits per heavy atom. The van der Waals surface area contributed by atoms with Gasteiger partial charge in [0, 0.05) is 5.69 Å². The van der Waals surface area contributed by atoms with E-state index in [1.165, 1.54) is 12.0 Å². The fourth-order valence-electron chi connectivity index (χ4n) is 2.75. The van der Waals surface area contributed by atoms with Crippen molar-refractivity contribution in [2.24, 2.45) is 5.73 Å². The molecule has 1 saturated heterocycles. The molecular weight excluding hydrogens is 238 g/mol. The lowest BCUT2D eigenvalue weighted by Crippen LogP contribution is -2.48. The molecule has 0 bridgehead atoms. The van der Waals surface area contributed by atoms with E-state index in [9.17, 15) is 4.79 Å². The zero-order valence-corrected chi connectivity index (χ0v) is 11.3. The average Bonchev–Trinajstić information content (AvgIpc) is 2.41. The molecular formula is C15H23N3O. The Labute approximate surface area is 114 Å². The van der Waals surface area contributed by atoms with E-state index >= 15 is 0 Å². The molecule has 0 spiro atoms. The summed E-state index contributed by atoms with van der Waals surface area (Å²) in [6.07, 6.45) is 5.26. The largest absolute Gasteiger partial charge is 0.399 e. The Bertz CT molecular complexity index is 416.